The predicted molar refractivity (Wildman–Crippen MR) is 108 cm³/mol. The van der Waals surface area contributed by atoms with E-state index < -0.39 is 11.7 Å². The van der Waals surface area contributed by atoms with Crippen molar-refractivity contribution >= 4 is 29.1 Å². The zero-order valence-corrected chi connectivity index (χ0v) is 16.5. The van der Waals surface area contributed by atoms with E-state index in [0.717, 1.165) is 24.1 Å². The molecular weight excluding hydrogens is 403 g/mol. The van der Waals surface area contributed by atoms with Gasteiger partial charge in [-0.3, -0.25) is 4.98 Å². The van der Waals surface area contributed by atoms with Gasteiger partial charge < -0.3 is 10.6 Å². The van der Waals surface area contributed by atoms with Crippen molar-refractivity contribution in [1.82, 2.24) is 15.0 Å². The highest BCUT2D eigenvalue weighted by Crippen LogP contribution is 2.35. The summed E-state index contributed by atoms with van der Waals surface area (Å²) in [6, 6.07) is 8.59. The van der Waals surface area contributed by atoms with Crippen LogP contribution in [0, 0.1) is 0 Å². The lowest BCUT2D eigenvalue weighted by atomic mass is 10.2. The van der Waals surface area contributed by atoms with Gasteiger partial charge in [-0.1, -0.05) is 18.5 Å². The first-order chi connectivity index (χ1) is 13.8. The van der Waals surface area contributed by atoms with E-state index in [1.807, 2.05) is 26.0 Å². The first kappa shape index (κ1) is 20.9. The lowest BCUT2D eigenvalue weighted by Crippen LogP contribution is -2.16. The predicted octanol–water partition coefficient (Wildman–Crippen LogP) is 6.16. The molecule has 1 aromatic carbocycles. The Bertz CT molecular complexity index is 980. The maximum absolute atomic E-state index is 12.9. The maximum Gasteiger partial charge on any atom is 0.416 e. The Balaban J connectivity index is 1.97. The average molecular weight is 422 g/mol. The molecule has 2 aromatic heterocycles. The number of nitrogens with one attached hydrogen (secondary N) is 2. The number of hydrogen-bond donors (Lipinski definition) is 2. The Hall–Kier alpha value is -2.87. The molecule has 0 fully saturated rings. The number of nitrogens with zero attached hydrogens (tertiary/aromatic N) is 3. The lowest BCUT2D eigenvalue weighted by molar-refractivity contribution is -0.137. The second-order valence-electron chi connectivity index (χ2n) is 6.47. The number of benzene rings is 1. The number of rotatable bonds is 6. The molecule has 0 aliphatic carbocycles. The van der Waals surface area contributed by atoms with Crippen LogP contribution in [-0.2, 0) is 6.18 Å². The van der Waals surface area contributed by atoms with Crippen LogP contribution in [0.2, 0.25) is 5.02 Å². The minimum absolute atomic E-state index is 0.0552. The van der Waals surface area contributed by atoms with Crippen LogP contribution < -0.4 is 10.6 Å². The summed E-state index contributed by atoms with van der Waals surface area (Å²) < 4.78 is 38.6. The Kier molecular flexibility index (Phi) is 6.22. The van der Waals surface area contributed by atoms with Gasteiger partial charge in [0.2, 0.25) is 5.95 Å². The van der Waals surface area contributed by atoms with E-state index in [1.54, 1.807) is 18.5 Å². The first-order valence-electron chi connectivity index (χ1n) is 8.96. The van der Waals surface area contributed by atoms with E-state index >= 15 is 0 Å². The van der Waals surface area contributed by atoms with E-state index in [4.69, 9.17) is 11.6 Å². The van der Waals surface area contributed by atoms with E-state index in [2.05, 4.69) is 25.6 Å². The molecule has 0 spiro atoms. The Morgan fingerprint density at radius 1 is 1.07 bits per heavy atom. The van der Waals surface area contributed by atoms with Gasteiger partial charge in [0.15, 0.2) is 0 Å². The highest BCUT2D eigenvalue weighted by atomic mass is 35.5. The summed E-state index contributed by atoms with van der Waals surface area (Å²) in [4.78, 5) is 13.0. The highest BCUT2D eigenvalue weighted by Gasteiger charge is 2.30. The van der Waals surface area contributed by atoms with Crippen LogP contribution in [-0.4, -0.2) is 21.0 Å². The van der Waals surface area contributed by atoms with Crippen molar-refractivity contribution in [3.63, 3.8) is 0 Å². The van der Waals surface area contributed by atoms with Crippen LogP contribution in [0.15, 0.2) is 48.8 Å². The molecule has 29 heavy (non-hydrogen) atoms. The number of alkyl halides is 3. The Morgan fingerprint density at radius 2 is 1.79 bits per heavy atom. The van der Waals surface area contributed by atoms with Crippen molar-refractivity contribution in [2.45, 2.75) is 32.5 Å². The third-order valence-electron chi connectivity index (χ3n) is 4.25. The molecule has 9 heteroatoms. The standard InChI is InChI=1S/C20H19ClF3N5/c1-3-12(2)26-19-28-17(13-6-8-25-9-7-13)11-18(29-19)27-16-5-4-14(10-15(16)21)20(22,23)24/h4-12H,3H2,1-2H3,(H2,26,27,28,29)/t12-/m1/s1. The monoisotopic (exact) mass is 421 g/mol. The third kappa shape index (κ3) is 5.35. The largest absolute Gasteiger partial charge is 0.416 e. The third-order valence-corrected chi connectivity index (χ3v) is 4.56. The fraction of sp³-hybridized carbons (Fsp3) is 0.250. The van der Waals surface area contributed by atoms with Gasteiger partial charge in [-0.25, -0.2) is 4.98 Å². The summed E-state index contributed by atoms with van der Waals surface area (Å²) in [5.74, 6) is 0.804. The number of halogens is 4. The first-order valence-corrected chi connectivity index (χ1v) is 9.34. The van der Waals surface area contributed by atoms with Crippen molar-refractivity contribution < 1.29 is 13.2 Å². The second-order valence-corrected chi connectivity index (χ2v) is 6.88. The number of anilines is 3. The molecule has 5 nitrogen and oxygen atoms in total. The zero-order valence-electron chi connectivity index (χ0n) is 15.8. The topological polar surface area (TPSA) is 62.7 Å². The van der Waals surface area contributed by atoms with Gasteiger partial charge in [-0.05, 0) is 43.7 Å². The Labute approximate surface area is 171 Å². The highest BCUT2D eigenvalue weighted by molar-refractivity contribution is 6.33. The molecule has 0 bridgehead atoms. The molecule has 0 unspecified atom stereocenters. The summed E-state index contributed by atoms with van der Waals surface area (Å²) in [6.45, 7) is 4.04. The number of aromatic nitrogens is 3. The summed E-state index contributed by atoms with van der Waals surface area (Å²) in [5.41, 5.74) is 0.968. The van der Waals surface area contributed by atoms with Gasteiger partial charge in [-0.2, -0.15) is 18.2 Å². The summed E-state index contributed by atoms with van der Waals surface area (Å²) in [7, 11) is 0. The van der Waals surface area contributed by atoms with Gasteiger partial charge in [0.05, 0.1) is 22.0 Å². The van der Waals surface area contributed by atoms with Crippen LogP contribution in [0.5, 0.6) is 0 Å². The van der Waals surface area contributed by atoms with Crippen LogP contribution >= 0.6 is 11.6 Å². The van der Waals surface area contributed by atoms with Gasteiger partial charge in [-0.15, -0.1) is 0 Å². The summed E-state index contributed by atoms with van der Waals surface area (Å²) >= 11 is 6.06. The minimum atomic E-state index is -4.46. The van der Waals surface area contributed by atoms with E-state index in [9.17, 15) is 13.2 Å². The van der Waals surface area contributed by atoms with Crippen LogP contribution in [0.4, 0.5) is 30.6 Å². The average Bonchev–Trinajstić information content (AvgIpc) is 2.69. The smallest absolute Gasteiger partial charge is 0.352 e. The fourth-order valence-corrected chi connectivity index (χ4v) is 2.73. The number of hydrogen-bond acceptors (Lipinski definition) is 5. The van der Waals surface area contributed by atoms with Crippen molar-refractivity contribution in [2.24, 2.45) is 0 Å². The molecule has 1 atom stereocenters. The maximum atomic E-state index is 12.9. The van der Waals surface area contributed by atoms with Crippen molar-refractivity contribution in [3.05, 3.63) is 59.4 Å². The zero-order chi connectivity index (χ0) is 21.0. The van der Waals surface area contributed by atoms with Crippen LogP contribution in [0.1, 0.15) is 25.8 Å². The van der Waals surface area contributed by atoms with E-state index in [-0.39, 0.29) is 11.1 Å². The van der Waals surface area contributed by atoms with E-state index in [1.165, 1.54) is 6.07 Å². The lowest BCUT2D eigenvalue weighted by Gasteiger charge is -2.15. The molecule has 0 amide bonds. The normalized spacial score (nSPS) is 12.5. The van der Waals surface area contributed by atoms with Crippen LogP contribution in [0.25, 0.3) is 11.3 Å². The molecule has 3 rings (SSSR count). The molecule has 0 aliphatic heterocycles. The molecule has 0 radical (unpaired) electrons. The fourth-order valence-electron chi connectivity index (χ4n) is 2.50. The molecule has 0 saturated heterocycles. The molecule has 2 heterocycles. The van der Waals surface area contributed by atoms with Gasteiger partial charge >= 0.3 is 6.18 Å². The number of pyridine rings is 1. The molecule has 152 valence electrons. The van der Waals surface area contributed by atoms with Gasteiger partial charge in [0.25, 0.3) is 0 Å². The van der Waals surface area contributed by atoms with Gasteiger partial charge in [0, 0.05) is 30.1 Å². The van der Waals surface area contributed by atoms with E-state index in [0.29, 0.717) is 23.1 Å². The summed E-state index contributed by atoms with van der Waals surface area (Å²) in [6.07, 6.45) is -0.284. The van der Waals surface area contributed by atoms with Crippen LogP contribution in [0.3, 0.4) is 0 Å². The SMILES string of the molecule is CC[C@@H](C)Nc1nc(Nc2ccc(C(F)(F)F)cc2Cl)cc(-c2ccncc2)n1. The molecule has 3 aromatic rings. The minimum Gasteiger partial charge on any atom is -0.352 e. The quantitative estimate of drug-likeness (QED) is 0.498. The summed E-state index contributed by atoms with van der Waals surface area (Å²) in [5, 5.41) is 6.14. The second kappa shape index (κ2) is 8.65. The van der Waals surface area contributed by atoms with Crippen molar-refractivity contribution in [2.75, 3.05) is 10.6 Å². The van der Waals surface area contributed by atoms with Gasteiger partial charge in [0.1, 0.15) is 5.82 Å². The van der Waals surface area contributed by atoms with Crippen molar-refractivity contribution in [3.8, 4) is 11.3 Å². The molecule has 0 saturated carbocycles. The molecule has 2 N–H and O–H groups in total. The molecule has 0 aliphatic rings. The Morgan fingerprint density at radius 3 is 2.41 bits per heavy atom. The van der Waals surface area contributed by atoms with Crippen molar-refractivity contribution in [1.29, 1.82) is 0 Å². The molecular formula is C20H19ClF3N5.